The second-order valence-electron chi connectivity index (χ2n) is 7.86. The lowest BCUT2D eigenvalue weighted by atomic mass is 10.1. The third-order valence-corrected chi connectivity index (χ3v) is 4.71. The summed E-state index contributed by atoms with van der Waals surface area (Å²) < 4.78 is 5.43. The smallest absolute Gasteiger partial charge is 0.154 e. The molecule has 0 heterocycles. The molecule has 0 aliphatic heterocycles. The van der Waals surface area contributed by atoms with Crippen LogP contribution in [0.15, 0.2) is 24.3 Å². The Balaban J connectivity index is 3.25. The van der Waals surface area contributed by atoms with Crippen LogP contribution in [-0.2, 0) is 4.74 Å². The summed E-state index contributed by atoms with van der Waals surface area (Å²) in [5, 5.41) is 9.78. The highest BCUT2D eigenvalue weighted by molar-refractivity contribution is 4.92. The molecule has 3 heteroatoms. The Labute approximate surface area is 169 Å². The van der Waals surface area contributed by atoms with Gasteiger partial charge in [-0.1, -0.05) is 69.8 Å². The highest BCUT2D eigenvalue weighted by Gasteiger charge is 2.03. The average Bonchev–Trinajstić information content (AvgIpc) is 2.64. The SMILES string of the molecule is CCCCC/C=C\C/C=C\CCCCCCCCC(O)OCCCN(C)C. The van der Waals surface area contributed by atoms with Crippen LogP contribution < -0.4 is 0 Å². The van der Waals surface area contributed by atoms with Gasteiger partial charge in [0.25, 0.3) is 0 Å². The van der Waals surface area contributed by atoms with Crippen molar-refractivity contribution in [3.8, 4) is 0 Å². The number of allylic oxidation sites excluding steroid dienone is 4. The molecule has 0 saturated carbocycles. The normalized spacial score (nSPS) is 13.4. The van der Waals surface area contributed by atoms with Gasteiger partial charge >= 0.3 is 0 Å². The quantitative estimate of drug-likeness (QED) is 0.149. The van der Waals surface area contributed by atoms with Crippen LogP contribution in [0.1, 0.15) is 96.8 Å². The predicted molar refractivity (Wildman–Crippen MR) is 119 cm³/mol. The van der Waals surface area contributed by atoms with Crippen molar-refractivity contribution in [3.63, 3.8) is 0 Å². The van der Waals surface area contributed by atoms with Crippen molar-refractivity contribution < 1.29 is 9.84 Å². The molecule has 0 rings (SSSR count). The molecule has 1 atom stereocenters. The number of aliphatic hydroxyl groups is 1. The second-order valence-corrected chi connectivity index (χ2v) is 7.86. The Kier molecular flexibility index (Phi) is 21.1. The highest BCUT2D eigenvalue weighted by atomic mass is 16.6. The van der Waals surface area contributed by atoms with Gasteiger partial charge in [-0.05, 0) is 72.0 Å². The van der Waals surface area contributed by atoms with E-state index < -0.39 is 6.29 Å². The zero-order valence-electron chi connectivity index (χ0n) is 18.5. The van der Waals surface area contributed by atoms with Gasteiger partial charge < -0.3 is 14.7 Å². The van der Waals surface area contributed by atoms with E-state index in [4.69, 9.17) is 4.74 Å². The van der Waals surface area contributed by atoms with E-state index in [1.54, 1.807) is 0 Å². The van der Waals surface area contributed by atoms with E-state index in [2.05, 4.69) is 50.2 Å². The van der Waals surface area contributed by atoms with Gasteiger partial charge in [-0.2, -0.15) is 0 Å². The minimum Gasteiger partial charge on any atom is -0.368 e. The molecule has 0 aromatic rings. The number of hydrogen-bond acceptors (Lipinski definition) is 3. The molecule has 0 aliphatic carbocycles. The van der Waals surface area contributed by atoms with Gasteiger partial charge in [0.05, 0.1) is 6.61 Å². The number of hydrogen-bond donors (Lipinski definition) is 1. The molecule has 0 aliphatic rings. The van der Waals surface area contributed by atoms with E-state index >= 15 is 0 Å². The molecule has 1 N–H and O–H groups in total. The molecule has 27 heavy (non-hydrogen) atoms. The Morgan fingerprint density at radius 3 is 2.00 bits per heavy atom. The maximum Gasteiger partial charge on any atom is 0.154 e. The minimum atomic E-state index is -0.571. The summed E-state index contributed by atoms with van der Waals surface area (Å²) >= 11 is 0. The monoisotopic (exact) mass is 381 g/mol. The van der Waals surface area contributed by atoms with Crippen LogP contribution in [-0.4, -0.2) is 43.5 Å². The van der Waals surface area contributed by atoms with Crippen molar-refractivity contribution in [2.75, 3.05) is 27.2 Å². The second kappa shape index (κ2) is 21.7. The first kappa shape index (κ1) is 26.4. The third-order valence-electron chi connectivity index (χ3n) is 4.71. The molecule has 3 nitrogen and oxygen atoms in total. The summed E-state index contributed by atoms with van der Waals surface area (Å²) in [7, 11) is 4.11. The van der Waals surface area contributed by atoms with E-state index in [9.17, 15) is 5.11 Å². The first-order chi connectivity index (χ1) is 13.2. The van der Waals surface area contributed by atoms with Crippen molar-refractivity contribution in [3.05, 3.63) is 24.3 Å². The maximum atomic E-state index is 9.78. The van der Waals surface area contributed by atoms with Gasteiger partial charge in [-0.3, -0.25) is 0 Å². The molecule has 0 aromatic heterocycles. The van der Waals surface area contributed by atoms with Crippen molar-refractivity contribution in [1.29, 1.82) is 0 Å². The lowest BCUT2D eigenvalue weighted by molar-refractivity contribution is -0.105. The standard InChI is InChI=1S/C24H47NO2/c1-4-5-6-7-8-9-10-11-12-13-14-15-16-17-18-19-21-24(26)27-23-20-22-25(2)3/h8-9,11-12,24,26H,4-7,10,13-23H2,1-3H3/b9-8-,12-11-. The molecule has 0 fully saturated rings. The first-order valence-electron chi connectivity index (χ1n) is 11.4. The summed E-state index contributed by atoms with van der Waals surface area (Å²) in [6.07, 6.45) is 25.5. The van der Waals surface area contributed by atoms with E-state index in [1.807, 2.05) is 0 Å². The van der Waals surface area contributed by atoms with Gasteiger partial charge in [0, 0.05) is 0 Å². The van der Waals surface area contributed by atoms with Crippen LogP contribution in [0.4, 0.5) is 0 Å². The van der Waals surface area contributed by atoms with Crippen LogP contribution in [0.5, 0.6) is 0 Å². The fourth-order valence-electron chi connectivity index (χ4n) is 2.99. The van der Waals surface area contributed by atoms with Gasteiger partial charge in [-0.15, -0.1) is 0 Å². The Bertz CT molecular complexity index is 339. The predicted octanol–water partition coefficient (Wildman–Crippen LogP) is 6.48. The lowest BCUT2D eigenvalue weighted by Crippen LogP contribution is -2.18. The molecule has 1 unspecified atom stereocenters. The largest absolute Gasteiger partial charge is 0.368 e. The van der Waals surface area contributed by atoms with Crippen molar-refractivity contribution in [1.82, 2.24) is 4.90 Å². The number of rotatable bonds is 20. The molecule has 0 spiro atoms. The molecular weight excluding hydrogens is 334 g/mol. The number of unbranched alkanes of at least 4 members (excludes halogenated alkanes) is 9. The van der Waals surface area contributed by atoms with Crippen molar-refractivity contribution >= 4 is 0 Å². The summed E-state index contributed by atoms with van der Waals surface area (Å²) in [6.45, 7) is 3.92. The summed E-state index contributed by atoms with van der Waals surface area (Å²) in [6, 6.07) is 0. The van der Waals surface area contributed by atoms with E-state index in [0.717, 1.165) is 32.2 Å². The molecule has 160 valence electrons. The Morgan fingerprint density at radius 2 is 1.37 bits per heavy atom. The molecule has 0 radical (unpaired) electrons. The van der Waals surface area contributed by atoms with Crippen molar-refractivity contribution in [2.24, 2.45) is 0 Å². The fourth-order valence-corrected chi connectivity index (χ4v) is 2.99. The number of aliphatic hydroxyl groups excluding tert-OH is 1. The van der Waals surface area contributed by atoms with Gasteiger partial charge in [0.15, 0.2) is 6.29 Å². The minimum absolute atomic E-state index is 0.571. The number of nitrogens with zero attached hydrogens (tertiary/aromatic N) is 1. The molecule has 0 saturated heterocycles. The van der Waals surface area contributed by atoms with Crippen LogP contribution in [0.3, 0.4) is 0 Å². The topological polar surface area (TPSA) is 32.7 Å². The van der Waals surface area contributed by atoms with Gasteiger partial charge in [-0.25, -0.2) is 0 Å². The van der Waals surface area contributed by atoms with Crippen LogP contribution >= 0.6 is 0 Å². The van der Waals surface area contributed by atoms with E-state index in [0.29, 0.717) is 6.61 Å². The van der Waals surface area contributed by atoms with Gasteiger partial charge in [0.1, 0.15) is 0 Å². The zero-order chi connectivity index (χ0) is 20.0. The van der Waals surface area contributed by atoms with Crippen LogP contribution in [0.25, 0.3) is 0 Å². The molecular formula is C24H47NO2. The zero-order valence-corrected chi connectivity index (χ0v) is 18.5. The average molecular weight is 382 g/mol. The summed E-state index contributed by atoms with van der Waals surface area (Å²) in [4.78, 5) is 2.14. The summed E-state index contributed by atoms with van der Waals surface area (Å²) in [5.74, 6) is 0. The maximum absolute atomic E-state index is 9.78. The fraction of sp³-hybridized carbons (Fsp3) is 0.833. The molecule has 0 amide bonds. The summed E-state index contributed by atoms with van der Waals surface area (Å²) in [5.41, 5.74) is 0. The lowest BCUT2D eigenvalue weighted by Gasteiger charge is -2.13. The van der Waals surface area contributed by atoms with E-state index in [-0.39, 0.29) is 0 Å². The molecule has 0 bridgehead atoms. The Morgan fingerprint density at radius 1 is 0.778 bits per heavy atom. The Hall–Kier alpha value is -0.640. The van der Waals surface area contributed by atoms with Crippen LogP contribution in [0, 0.1) is 0 Å². The van der Waals surface area contributed by atoms with Crippen molar-refractivity contribution in [2.45, 2.75) is 103 Å². The first-order valence-corrected chi connectivity index (χ1v) is 11.4. The van der Waals surface area contributed by atoms with Crippen LogP contribution in [0.2, 0.25) is 0 Å². The van der Waals surface area contributed by atoms with E-state index in [1.165, 1.54) is 64.2 Å². The number of ether oxygens (including phenoxy) is 1. The molecule has 0 aromatic carbocycles. The van der Waals surface area contributed by atoms with Gasteiger partial charge in [0.2, 0.25) is 0 Å². The highest BCUT2D eigenvalue weighted by Crippen LogP contribution is 2.11. The third kappa shape index (κ3) is 23.3.